The van der Waals surface area contributed by atoms with E-state index in [-0.39, 0.29) is 6.61 Å². The minimum absolute atomic E-state index is 0.0710. The van der Waals surface area contributed by atoms with Crippen LogP contribution in [0, 0.1) is 0 Å². The standard InChI is InChI=1S/C26H21ClN2O4/c27-22-10-12-23(13-11-22)32-25(30)24-16-31-26(33-24,17-29-15-14-28-18-29)21-8-6-20(7-9-21)19-4-2-1-3-5-19/h1-15,18,24H,16-17H2/t24-,26-/m0/s1. The predicted molar refractivity (Wildman–Crippen MR) is 124 cm³/mol. The first kappa shape index (κ1) is 21.4. The van der Waals surface area contributed by atoms with E-state index >= 15 is 0 Å². The molecule has 0 saturated carbocycles. The monoisotopic (exact) mass is 460 g/mol. The van der Waals surface area contributed by atoms with Crippen molar-refractivity contribution in [1.29, 1.82) is 0 Å². The molecule has 1 aromatic heterocycles. The van der Waals surface area contributed by atoms with Crippen LogP contribution in [0.5, 0.6) is 5.75 Å². The molecule has 2 heterocycles. The fourth-order valence-electron chi connectivity index (χ4n) is 3.80. The Morgan fingerprint density at radius 2 is 1.76 bits per heavy atom. The number of carbonyl (C=O) groups is 1. The molecular weight excluding hydrogens is 440 g/mol. The van der Waals surface area contributed by atoms with Crippen molar-refractivity contribution >= 4 is 17.6 Å². The van der Waals surface area contributed by atoms with Crippen molar-refractivity contribution in [2.24, 2.45) is 0 Å². The lowest BCUT2D eigenvalue weighted by molar-refractivity contribution is -0.193. The lowest BCUT2D eigenvalue weighted by atomic mass is 10.00. The summed E-state index contributed by atoms with van der Waals surface area (Å²) in [5.74, 6) is -1.28. The number of rotatable bonds is 6. The van der Waals surface area contributed by atoms with Crippen LogP contribution in [-0.2, 0) is 26.6 Å². The van der Waals surface area contributed by atoms with Gasteiger partial charge in [-0.05, 0) is 35.4 Å². The summed E-state index contributed by atoms with van der Waals surface area (Å²) in [6, 6.07) is 24.7. The lowest BCUT2D eigenvalue weighted by Gasteiger charge is -2.29. The van der Waals surface area contributed by atoms with Gasteiger partial charge in [0.2, 0.25) is 5.79 Å². The van der Waals surface area contributed by atoms with Gasteiger partial charge in [-0.3, -0.25) is 0 Å². The highest BCUT2D eigenvalue weighted by Gasteiger charge is 2.47. The minimum Gasteiger partial charge on any atom is -0.425 e. The molecule has 1 aliphatic heterocycles. The Hall–Kier alpha value is -3.45. The van der Waals surface area contributed by atoms with Crippen molar-refractivity contribution in [1.82, 2.24) is 9.55 Å². The molecule has 2 atom stereocenters. The fraction of sp³-hybridized carbons (Fsp3) is 0.154. The van der Waals surface area contributed by atoms with E-state index in [9.17, 15) is 4.79 Å². The van der Waals surface area contributed by atoms with Gasteiger partial charge < -0.3 is 18.8 Å². The van der Waals surface area contributed by atoms with Crippen molar-refractivity contribution in [3.63, 3.8) is 0 Å². The van der Waals surface area contributed by atoms with Crippen LogP contribution in [0.25, 0.3) is 11.1 Å². The van der Waals surface area contributed by atoms with Crippen LogP contribution in [0.1, 0.15) is 5.56 Å². The zero-order valence-electron chi connectivity index (χ0n) is 17.6. The summed E-state index contributed by atoms with van der Waals surface area (Å²) in [4.78, 5) is 16.9. The molecule has 6 nitrogen and oxygen atoms in total. The molecule has 33 heavy (non-hydrogen) atoms. The number of esters is 1. The summed E-state index contributed by atoms with van der Waals surface area (Å²) in [5, 5.41) is 0.563. The number of ether oxygens (including phenoxy) is 3. The Morgan fingerprint density at radius 3 is 2.45 bits per heavy atom. The molecule has 5 rings (SSSR count). The third kappa shape index (κ3) is 4.68. The Bertz CT molecular complexity index is 1210. The number of nitrogens with zero attached hydrogens (tertiary/aromatic N) is 2. The van der Waals surface area contributed by atoms with Crippen LogP contribution in [0.3, 0.4) is 0 Å². The van der Waals surface area contributed by atoms with Gasteiger partial charge >= 0.3 is 5.97 Å². The highest BCUT2D eigenvalue weighted by molar-refractivity contribution is 6.30. The van der Waals surface area contributed by atoms with E-state index in [4.69, 9.17) is 25.8 Å². The van der Waals surface area contributed by atoms with Crippen LogP contribution in [0.2, 0.25) is 5.02 Å². The van der Waals surface area contributed by atoms with Crippen LogP contribution in [0.15, 0.2) is 97.6 Å². The molecular formula is C26H21ClN2O4. The van der Waals surface area contributed by atoms with E-state index in [1.807, 2.05) is 53.2 Å². The van der Waals surface area contributed by atoms with E-state index in [1.165, 1.54) is 0 Å². The molecule has 0 aliphatic carbocycles. The molecule has 4 aromatic rings. The zero-order chi connectivity index (χ0) is 22.7. The predicted octanol–water partition coefficient (Wildman–Crippen LogP) is 5.08. The molecule has 1 saturated heterocycles. The molecule has 1 aliphatic rings. The Balaban J connectivity index is 1.39. The summed E-state index contributed by atoms with van der Waals surface area (Å²) in [6.45, 7) is 0.407. The summed E-state index contributed by atoms with van der Waals surface area (Å²) in [7, 11) is 0. The van der Waals surface area contributed by atoms with Crippen molar-refractivity contribution in [3.05, 3.63) is 108 Å². The second kappa shape index (κ2) is 9.19. The third-order valence-corrected chi connectivity index (χ3v) is 5.73. The van der Waals surface area contributed by atoms with Gasteiger partial charge in [-0.1, -0.05) is 66.2 Å². The van der Waals surface area contributed by atoms with Gasteiger partial charge in [-0.2, -0.15) is 0 Å². The van der Waals surface area contributed by atoms with E-state index in [0.29, 0.717) is 17.3 Å². The van der Waals surface area contributed by atoms with Crippen molar-refractivity contribution in [3.8, 4) is 16.9 Å². The zero-order valence-corrected chi connectivity index (χ0v) is 18.4. The Morgan fingerprint density at radius 1 is 1.03 bits per heavy atom. The van der Waals surface area contributed by atoms with E-state index in [0.717, 1.165) is 16.7 Å². The first-order valence-electron chi connectivity index (χ1n) is 10.5. The normalized spacial score (nSPS) is 20.0. The van der Waals surface area contributed by atoms with Crippen LogP contribution in [-0.4, -0.2) is 28.2 Å². The number of halogens is 1. The van der Waals surface area contributed by atoms with Gasteiger partial charge in [0, 0.05) is 23.0 Å². The molecule has 166 valence electrons. The molecule has 1 fully saturated rings. The number of carbonyl (C=O) groups excluding carboxylic acids is 1. The summed E-state index contributed by atoms with van der Waals surface area (Å²) >= 11 is 5.91. The molecule has 0 spiro atoms. The van der Waals surface area contributed by atoms with E-state index in [1.54, 1.807) is 36.8 Å². The minimum atomic E-state index is -1.15. The van der Waals surface area contributed by atoms with Gasteiger partial charge in [0.25, 0.3) is 0 Å². The van der Waals surface area contributed by atoms with Crippen molar-refractivity contribution in [2.45, 2.75) is 18.4 Å². The lowest BCUT2D eigenvalue weighted by Crippen LogP contribution is -2.35. The van der Waals surface area contributed by atoms with E-state index < -0.39 is 17.9 Å². The van der Waals surface area contributed by atoms with Crippen LogP contribution >= 0.6 is 11.6 Å². The van der Waals surface area contributed by atoms with Gasteiger partial charge in [0.1, 0.15) is 5.75 Å². The van der Waals surface area contributed by atoms with Gasteiger partial charge in [-0.15, -0.1) is 0 Å². The van der Waals surface area contributed by atoms with Crippen molar-refractivity contribution < 1.29 is 19.0 Å². The fourth-order valence-corrected chi connectivity index (χ4v) is 3.93. The Labute approximate surface area is 196 Å². The smallest absolute Gasteiger partial charge is 0.343 e. The highest BCUT2D eigenvalue weighted by Crippen LogP contribution is 2.37. The SMILES string of the molecule is O=C(Oc1ccc(Cl)cc1)[C@@H]1CO[C@](Cn2ccnc2)(c2ccc(-c3ccccc3)cc2)O1. The summed E-state index contributed by atoms with van der Waals surface area (Å²) < 4.78 is 19.7. The molecule has 0 bridgehead atoms. The number of aromatic nitrogens is 2. The average Bonchev–Trinajstić information content (AvgIpc) is 3.52. The molecule has 0 N–H and O–H groups in total. The summed E-state index contributed by atoms with van der Waals surface area (Å²) in [5.41, 5.74) is 3.00. The quantitative estimate of drug-likeness (QED) is 0.296. The third-order valence-electron chi connectivity index (χ3n) is 5.48. The summed E-state index contributed by atoms with van der Waals surface area (Å²) in [6.07, 6.45) is 4.32. The van der Waals surface area contributed by atoms with Crippen LogP contribution in [0.4, 0.5) is 0 Å². The molecule has 0 amide bonds. The number of benzene rings is 3. The molecule has 3 aromatic carbocycles. The number of hydrogen-bond donors (Lipinski definition) is 0. The topological polar surface area (TPSA) is 62.6 Å². The first-order chi connectivity index (χ1) is 16.1. The van der Waals surface area contributed by atoms with Crippen molar-refractivity contribution in [2.75, 3.05) is 6.61 Å². The second-order valence-electron chi connectivity index (χ2n) is 7.72. The molecule has 0 radical (unpaired) electrons. The first-order valence-corrected chi connectivity index (χ1v) is 10.9. The molecule has 0 unspecified atom stereocenters. The van der Waals surface area contributed by atoms with Gasteiger partial charge in [0.05, 0.1) is 19.5 Å². The van der Waals surface area contributed by atoms with Crippen LogP contribution < -0.4 is 4.74 Å². The largest absolute Gasteiger partial charge is 0.425 e. The maximum Gasteiger partial charge on any atom is 0.343 e. The van der Waals surface area contributed by atoms with Gasteiger partial charge in [0.15, 0.2) is 6.10 Å². The number of hydrogen-bond acceptors (Lipinski definition) is 5. The molecule has 7 heteroatoms. The van der Waals surface area contributed by atoms with Gasteiger partial charge in [-0.25, -0.2) is 9.78 Å². The highest BCUT2D eigenvalue weighted by atomic mass is 35.5. The maximum atomic E-state index is 12.8. The second-order valence-corrected chi connectivity index (χ2v) is 8.16. The number of imidazole rings is 1. The average molecular weight is 461 g/mol. The van der Waals surface area contributed by atoms with E-state index in [2.05, 4.69) is 17.1 Å². The Kier molecular flexibility index (Phi) is 5.96. The maximum absolute atomic E-state index is 12.8.